The van der Waals surface area contributed by atoms with E-state index in [2.05, 4.69) is 4.74 Å². The number of benzene rings is 1. The van der Waals surface area contributed by atoms with Crippen LogP contribution >= 0.6 is 0 Å². The van der Waals surface area contributed by atoms with Crippen molar-refractivity contribution in [3.63, 3.8) is 0 Å². The van der Waals surface area contributed by atoms with Gasteiger partial charge in [0.15, 0.2) is 0 Å². The molecule has 2 unspecified atom stereocenters. The van der Waals surface area contributed by atoms with Gasteiger partial charge in [-0.05, 0) is 24.5 Å². The first kappa shape index (κ1) is 15.2. The van der Waals surface area contributed by atoms with Crippen molar-refractivity contribution < 1.29 is 19.6 Å². The Kier molecular flexibility index (Phi) is 4.42. The van der Waals surface area contributed by atoms with Crippen LogP contribution in [0.15, 0.2) is 18.2 Å². The van der Waals surface area contributed by atoms with Crippen molar-refractivity contribution in [1.82, 2.24) is 0 Å². The molecule has 0 aliphatic carbocycles. The van der Waals surface area contributed by atoms with Crippen LogP contribution in [-0.2, 0) is 4.74 Å². The van der Waals surface area contributed by atoms with Crippen LogP contribution in [0.2, 0.25) is 0 Å². The Labute approximate surface area is 122 Å². The Morgan fingerprint density at radius 3 is 2.81 bits per heavy atom. The highest BCUT2D eigenvalue weighted by atomic mass is 16.6. The van der Waals surface area contributed by atoms with E-state index in [1.54, 1.807) is 4.90 Å². The Morgan fingerprint density at radius 1 is 1.52 bits per heavy atom. The zero-order chi connectivity index (χ0) is 15.6. The van der Waals surface area contributed by atoms with Crippen molar-refractivity contribution in [3.8, 4) is 0 Å². The summed E-state index contributed by atoms with van der Waals surface area (Å²) < 4.78 is 4.64. The van der Waals surface area contributed by atoms with E-state index in [4.69, 9.17) is 0 Å². The average Bonchev–Trinajstić information content (AvgIpc) is 2.48. The number of nitro benzene ring substituents is 1. The fraction of sp³-hybridized carbons (Fsp3) is 0.500. The highest BCUT2D eigenvalue weighted by Crippen LogP contribution is 2.32. The summed E-state index contributed by atoms with van der Waals surface area (Å²) in [5.74, 6) is -0.388. The number of esters is 1. The van der Waals surface area contributed by atoms with E-state index in [0.29, 0.717) is 18.8 Å². The molecular formula is C14H18N2O5. The van der Waals surface area contributed by atoms with E-state index in [9.17, 15) is 20.0 Å². The molecule has 0 bridgehead atoms. The molecule has 1 heterocycles. The number of nitrogens with zero attached hydrogens (tertiary/aromatic N) is 2. The monoisotopic (exact) mass is 294 g/mol. The van der Waals surface area contributed by atoms with E-state index in [1.165, 1.54) is 25.3 Å². The van der Waals surface area contributed by atoms with E-state index in [0.717, 1.165) is 6.42 Å². The second-order valence-corrected chi connectivity index (χ2v) is 5.23. The van der Waals surface area contributed by atoms with Gasteiger partial charge in [-0.1, -0.05) is 6.92 Å². The van der Waals surface area contributed by atoms with Gasteiger partial charge in [-0.2, -0.15) is 0 Å². The zero-order valence-corrected chi connectivity index (χ0v) is 12.0. The molecule has 0 aromatic heterocycles. The van der Waals surface area contributed by atoms with Gasteiger partial charge in [0.1, 0.15) is 5.69 Å². The van der Waals surface area contributed by atoms with E-state index in [-0.39, 0.29) is 17.2 Å². The molecule has 1 aromatic rings. The lowest BCUT2D eigenvalue weighted by Gasteiger charge is -2.35. The standard InChI is InChI=1S/C14H18N2O5/c1-9-5-6-15(8-13(9)17)12-7-10(14(18)21-2)3-4-11(12)16(19)20/h3-4,7,9,13,17H,5-6,8H2,1-2H3. The molecule has 0 saturated carbocycles. The summed E-state index contributed by atoms with van der Waals surface area (Å²) >= 11 is 0. The third-order valence-corrected chi connectivity index (χ3v) is 3.85. The topological polar surface area (TPSA) is 92.9 Å². The zero-order valence-electron chi connectivity index (χ0n) is 12.0. The first-order valence-electron chi connectivity index (χ1n) is 6.73. The highest BCUT2D eigenvalue weighted by Gasteiger charge is 2.29. The molecule has 1 aliphatic heterocycles. The number of methoxy groups -OCH3 is 1. The molecule has 2 atom stereocenters. The molecule has 0 amide bonds. The van der Waals surface area contributed by atoms with Crippen molar-refractivity contribution in [2.24, 2.45) is 5.92 Å². The molecule has 114 valence electrons. The Morgan fingerprint density at radius 2 is 2.24 bits per heavy atom. The van der Waals surface area contributed by atoms with Gasteiger partial charge in [-0.25, -0.2) is 4.79 Å². The molecule has 7 heteroatoms. The number of carbonyl (C=O) groups excluding carboxylic acids is 1. The Hall–Kier alpha value is -2.15. The van der Waals surface area contributed by atoms with Crippen molar-refractivity contribution in [2.45, 2.75) is 19.4 Å². The largest absolute Gasteiger partial charge is 0.465 e. The summed E-state index contributed by atoms with van der Waals surface area (Å²) in [5.41, 5.74) is 0.518. The van der Waals surface area contributed by atoms with Gasteiger partial charge in [-0.15, -0.1) is 0 Å². The van der Waals surface area contributed by atoms with Crippen molar-refractivity contribution in [3.05, 3.63) is 33.9 Å². The van der Waals surface area contributed by atoms with E-state index in [1.807, 2.05) is 6.92 Å². The van der Waals surface area contributed by atoms with Gasteiger partial charge in [0.2, 0.25) is 0 Å². The fourth-order valence-corrected chi connectivity index (χ4v) is 2.44. The maximum Gasteiger partial charge on any atom is 0.337 e. The molecular weight excluding hydrogens is 276 g/mol. The smallest absolute Gasteiger partial charge is 0.337 e. The second-order valence-electron chi connectivity index (χ2n) is 5.23. The molecule has 1 N–H and O–H groups in total. The molecule has 2 rings (SSSR count). The van der Waals surface area contributed by atoms with Crippen LogP contribution < -0.4 is 4.90 Å². The summed E-state index contributed by atoms with van der Waals surface area (Å²) in [5, 5.41) is 21.1. The van der Waals surface area contributed by atoms with Crippen LogP contribution in [0, 0.1) is 16.0 Å². The van der Waals surface area contributed by atoms with E-state index < -0.39 is 17.0 Å². The minimum Gasteiger partial charge on any atom is -0.465 e. The molecule has 0 spiro atoms. The first-order chi connectivity index (χ1) is 9.93. The summed E-state index contributed by atoms with van der Waals surface area (Å²) in [4.78, 5) is 24.0. The number of ether oxygens (including phenoxy) is 1. The van der Waals surface area contributed by atoms with Crippen molar-refractivity contribution in [1.29, 1.82) is 0 Å². The quantitative estimate of drug-likeness (QED) is 0.517. The highest BCUT2D eigenvalue weighted by molar-refractivity contribution is 5.91. The van der Waals surface area contributed by atoms with Crippen LogP contribution in [-0.4, -0.2) is 42.3 Å². The van der Waals surface area contributed by atoms with Crippen LogP contribution in [0.1, 0.15) is 23.7 Å². The molecule has 1 aliphatic rings. The lowest BCUT2D eigenvalue weighted by molar-refractivity contribution is -0.384. The van der Waals surface area contributed by atoms with E-state index >= 15 is 0 Å². The van der Waals surface area contributed by atoms with Crippen LogP contribution in [0.5, 0.6) is 0 Å². The van der Waals surface area contributed by atoms with Crippen molar-refractivity contribution in [2.75, 3.05) is 25.1 Å². The number of hydrogen-bond acceptors (Lipinski definition) is 6. The van der Waals surface area contributed by atoms with Crippen LogP contribution in [0.3, 0.4) is 0 Å². The molecule has 1 aromatic carbocycles. The number of anilines is 1. The predicted molar refractivity (Wildman–Crippen MR) is 76.4 cm³/mol. The number of aliphatic hydroxyl groups excluding tert-OH is 1. The van der Waals surface area contributed by atoms with Gasteiger partial charge in [0, 0.05) is 19.2 Å². The second kappa shape index (κ2) is 6.09. The fourth-order valence-electron chi connectivity index (χ4n) is 2.44. The van der Waals surface area contributed by atoms with Gasteiger partial charge in [-0.3, -0.25) is 10.1 Å². The molecule has 1 saturated heterocycles. The number of piperidine rings is 1. The third-order valence-electron chi connectivity index (χ3n) is 3.85. The summed E-state index contributed by atoms with van der Waals surface area (Å²) in [6.07, 6.45) is 0.195. The predicted octanol–water partition coefficient (Wildman–Crippen LogP) is 1.59. The number of nitro groups is 1. The Balaban J connectivity index is 2.39. The minimum atomic E-state index is -0.544. The number of carbonyl (C=O) groups is 1. The van der Waals surface area contributed by atoms with Gasteiger partial charge < -0.3 is 14.7 Å². The maximum atomic E-state index is 11.6. The lowest BCUT2D eigenvalue weighted by Crippen LogP contribution is -2.43. The third kappa shape index (κ3) is 3.13. The summed E-state index contributed by atoms with van der Waals surface area (Å²) in [6.45, 7) is 2.86. The molecule has 7 nitrogen and oxygen atoms in total. The number of β-amino-alcohol motifs (C(OH)–C–C–N with tert-alkyl or cyclic N) is 1. The maximum absolute atomic E-state index is 11.6. The summed E-state index contributed by atoms with van der Waals surface area (Å²) in [7, 11) is 1.26. The minimum absolute atomic E-state index is 0.0793. The van der Waals surface area contributed by atoms with Gasteiger partial charge >= 0.3 is 5.97 Å². The molecule has 1 fully saturated rings. The molecule has 21 heavy (non-hydrogen) atoms. The number of rotatable bonds is 3. The Bertz CT molecular complexity index is 560. The number of aliphatic hydroxyl groups is 1. The van der Waals surface area contributed by atoms with Gasteiger partial charge in [0.25, 0.3) is 5.69 Å². The van der Waals surface area contributed by atoms with Crippen LogP contribution in [0.25, 0.3) is 0 Å². The normalized spacial score (nSPS) is 22.0. The lowest BCUT2D eigenvalue weighted by atomic mass is 9.95. The molecule has 0 radical (unpaired) electrons. The van der Waals surface area contributed by atoms with Gasteiger partial charge in [0.05, 0.1) is 23.7 Å². The van der Waals surface area contributed by atoms with Crippen molar-refractivity contribution >= 4 is 17.3 Å². The SMILES string of the molecule is COC(=O)c1ccc([N+](=O)[O-])c(N2CCC(C)C(O)C2)c1. The number of hydrogen-bond donors (Lipinski definition) is 1. The average molecular weight is 294 g/mol. The first-order valence-corrected chi connectivity index (χ1v) is 6.73. The van der Waals surface area contributed by atoms with Crippen LogP contribution in [0.4, 0.5) is 11.4 Å². The summed E-state index contributed by atoms with van der Waals surface area (Å²) in [6, 6.07) is 4.12.